The Hall–Kier alpha value is -1.88. The lowest BCUT2D eigenvalue weighted by Crippen LogP contribution is -2.44. The van der Waals surface area contributed by atoms with Crippen molar-refractivity contribution in [2.75, 3.05) is 6.54 Å². The molecule has 2 atom stereocenters. The Labute approximate surface area is 119 Å². The molecule has 0 radical (unpaired) electrons. The van der Waals surface area contributed by atoms with Crippen molar-refractivity contribution >= 4 is 11.9 Å². The van der Waals surface area contributed by atoms with Gasteiger partial charge < -0.3 is 16.2 Å². The molecule has 1 aromatic carbocycles. The predicted molar refractivity (Wildman–Crippen MR) is 77.2 cm³/mol. The summed E-state index contributed by atoms with van der Waals surface area (Å²) < 4.78 is 0. The van der Waals surface area contributed by atoms with Gasteiger partial charge in [0, 0.05) is 6.54 Å². The summed E-state index contributed by atoms with van der Waals surface area (Å²) in [5.74, 6) is -1.74. The number of benzene rings is 1. The second kappa shape index (κ2) is 8.32. The van der Waals surface area contributed by atoms with Crippen LogP contribution >= 0.6 is 0 Å². The van der Waals surface area contributed by atoms with Gasteiger partial charge in [0.25, 0.3) is 0 Å². The molecule has 5 nitrogen and oxygen atoms in total. The molecule has 1 aromatic rings. The number of carbonyl (C=O) groups excluding carboxylic acids is 1. The fraction of sp³-hybridized carbons (Fsp3) is 0.467. The molecule has 4 N–H and O–H groups in total. The number of rotatable bonds is 8. The normalized spacial score (nSPS) is 13.5. The van der Waals surface area contributed by atoms with E-state index in [0.29, 0.717) is 12.8 Å². The van der Waals surface area contributed by atoms with Crippen LogP contribution in [0.4, 0.5) is 0 Å². The minimum Gasteiger partial charge on any atom is -0.481 e. The summed E-state index contributed by atoms with van der Waals surface area (Å²) in [6.07, 6.45) is 1.75. The van der Waals surface area contributed by atoms with E-state index in [-0.39, 0.29) is 12.5 Å². The zero-order valence-corrected chi connectivity index (χ0v) is 11.7. The van der Waals surface area contributed by atoms with E-state index in [9.17, 15) is 9.59 Å². The van der Waals surface area contributed by atoms with E-state index in [4.69, 9.17) is 10.8 Å². The van der Waals surface area contributed by atoms with Gasteiger partial charge >= 0.3 is 5.97 Å². The lowest BCUT2D eigenvalue weighted by Gasteiger charge is -2.15. The third-order valence-electron chi connectivity index (χ3n) is 3.14. The Kier molecular flexibility index (Phi) is 6.73. The first-order valence-electron chi connectivity index (χ1n) is 6.84. The number of carbonyl (C=O) groups is 2. The van der Waals surface area contributed by atoms with E-state index in [0.717, 1.165) is 12.0 Å². The quantitative estimate of drug-likeness (QED) is 0.665. The van der Waals surface area contributed by atoms with Crippen molar-refractivity contribution in [1.29, 1.82) is 0 Å². The molecule has 5 heteroatoms. The summed E-state index contributed by atoms with van der Waals surface area (Å²) in [6.45, 7) is 2.05. The molecule has 110 valence electrons. The Bertz CT molecular complexity index is 434. The summed E-state index contributed by atoms with van der Waals surface area (Å²) >= 11 is 0. The standard InChI is InChI=1S/C15H22N2O3/c1-2-6-12(15(19)20)10-17-14(18)13(16)9-11-7-4-3-5-8-11/h3-5,7-8,12-13H,2,6,9-10,16H2,1H3,(H,17,18)(H,19,20)/t12?,13-/m0/s1. The number of aliphatic carboxylic acids is 1. The molecule has 1 unspecified atom stereocenters. The lowest BCUT2D eigenvalue weighted by molar-refractivity contribution is -0.142. The Balaban J connectivity index is 2.43. The van der Waals surface area contributed by atoms with Crippen molar-refractivity contribution in [3.8, 4) is 0 Å². The summed E-state index contributed by atoms with van der Waals surface area (Å²) in [5, 5.41) is 11.6. The van der Waals surface area contributed by atoms with Gasteiger partial charge in [-0.25, -0.2) is 0 Å². The first-order chi connectivity index (χ1) is 9.54. The highest BCUT2D eigenvalue weighted by Gasteiger charge is 2.19. The SMILES string of the molecule is CCCC(CNC(=O)[C@@H](N)Cc1ccccc1)C(=O)O. The first kappa shape index (κ1) is 16.2. The molecule has 0 saturated carbocycles. The zero-order valence-electron chi connectivity index (χ0n) is 11.7. The highest BCUT2D eigenvalue weighted by Crippen LogP contribution is 2.06. The van der Waals surface area contributed by atoms with Gasteiger partial charge in [0.05, 0.1) is 12.0 Å². The average molecular weight is 278 g/mol. The van der Waals surface area contributed by atoms with E-state index in [1.165, 1.54) is 0 Å². The van der Waals surface area contributed by atoms with Crippen LogP contribution in [0.2, 0.25) is 0 Å². The van der Waals surface area contributed by atoms with E-state index in [1.54, 1.807) is 0 Å². The number of nitrogens with one attached hydrogen (secondary N) is 1. The van der Waals surface area contributed by atoms with E-state index < -0.39 is 17.9 Å². The third kappa shape index (κ3) is 5.40. The topological polar surface area (TPSA) is 92.4 Å². The van der Waals surface area contributed by atoms with Gasteiger partial charge in [-0.05, 0) is 18.4 Å². The van der Waals surface area contributed by atoms with Gasteiger partial charge in [0.2, 0.25) is 5.91 Å². The molecular formula is C15H22N2O3. The number of hydrogen-bond acceptors (Lipinski definition) is 3. The molecule has 0 heterocycles. The number of amides is 1. The number of nitrogens with two attached hydrogens (primary N) is 1. The van der Waals surface area contributed by atoms with Crippen LogP contribution in [0.1, 0.15) is 25.3 Å². The molecule has 0 fully saturated rings. The molecule has 0 aliphatic rings. The second-order valence-electron chi connectivity index (χ2n) is 4.87. The smallest absolute Gasteiger partial charge is 0.308 e. The minimum atomic E-state index is -0.885. The van der Waals surface area contributed by atoms with Crippen LogP contribution in [0.5, 0.6) is 0 Å². The molecule has 0 aliphatic heterocycles. The van der Waals surface area contributed by atoms with Gasteiger partial charge in [0.15, 0.2) is 0 Å². The fourth-order valence-corrected chi connectivity index (χ4v) is 1.98. The molecule has 0 bridgehead atoms. The molecule has 20 heavy (non-hydrogen) atoms. The highest BCUT2D eigenvalue weighted by molar-refractivity contribution is 5.82. The van der Waals surface area contributed by atoms with Crippen LogP contribution in [0.3, 0.4) is 0 Å². The zero-order chi connectivity index (χ0) is 15.0. The molecule has 0 aliphatic carbocycles. The summed E-state index contributed by atoms with van der Waals surface area (Å²) in [4.78, 5) is 22.8. The van der Waals surface area contributed by atoms with Gasteiger partial charge in [-0.1, -0.05) is 43.7 Å². The third-order valence-corrected chi connectivity index (χ3v) is 3.14. The molecule has 0 saturated heterocycles. The fourth-order valence-electron chi connectivity index (χ4n) is 1.98. The molecule has 0 spiro atoms. The molecule has 1 rings (SSSR count). The van der Waals surface area contributed by atoms with Crippen LogP contribution in [0, 0.1) is 5.92 Å². The maximum absolute atomic E-state index is 11.8. The summed E-state index contributed by atoms with van der Waals surface area (Å²) in [6, 6.07) is 8.84. The van der Waals surface area contributed by atoms with Crippen molar-refractivity contribution in [1.82, 2.24) is 5.32 Å². The van der Waals surface area contributed by atoms with Crippen LogP contribution in [-0.4, -0.2) is 29.6 Å². The Morgan fingerprint density at radius 2 is 1.95 bits per heavy atom. The van der Waals surface area contributed by atoms with Crippen LogP contribution in [0.25, 0.3) is 0 Å². The summed E-state index contributed by atoms with van der Waals surface area (Å²) in [5.41, 5.74) is 6.81. The molecule has 0 aromatic heterocycles. The van der Waals surface area contributed by atoms with E-state index in [2.05, 4.69) is 5.32 Å². The largest absolute Gasteiger partial charge is 0.481 e. The number of carboxylic acid groups (broad SMARTS) is 1. The monoisotopic (exact) mass is 278 g/mol. The second-order valence-corrected chi connectivity index (χ2v) is 4.87. The number of hydrogen-bond donors (Lipinski definition) is 3. The van der Waals surface area contributed by atoms with Gasteiger partial charge in [0.1, 0.15) is 0 Å². The predicted octanol–water partition coefficient (Wildman–Crippen LogP) is 1.17. The van der Waals surface area contributed by atoms with E-state index >= 15 is 0 Å². The van der Waals surface area contributed by atoms with Crippen molar-refractivity contribution in [2.45, 2.75) is 32.2 Å². The minimum absolute atomic E-state index is 0.129. The first-order valence-corrected chi connectivity index (χ1v) is 6.84. The van der Waals surface area contributed by atoms with Crippen molar-refractivity contribution in [2.24, 2.45) is 11.7 Å². The molecular weight excluding hydrogens is 256 g/mol. The lowest BCUT2D eigenvalue weighted by atomic mass is 10.0. The maximum atomic E-state index is 11.8. The summed E-state index contributed by atoms with van der Waals surface area (Å²) in [7, 11) is 0. The van der Waals surface area contributed by atoms with Gasteiger partial charge in [-0.2, -0.15) is 0 Å². The van der Waals surface area contributed by atoms with Crippen molar-refractivity contribution in [3.63, 3.8) is 0 Å². The van der Waals surface area contributed by atoms with Gasteiger partial charge in [-0.15, -0.1) is 0 Å². The molecule has 1 amide bonds. The highest BCUT2D eigenvalue weighted by atomic mass is 16.4. The van der Waals surface area contributed by atoms with Crippen molar-refractivity contribution < 1.29 is 14.7 Å². The van der Waals surface area contributed by atoms with Crippen molar-refractivity contribution in [3.05, 3.63) is 35.9 Å². The van der Waals surface area contributed by atoms with Gasteiger partial charge in [-0.3, -0.25) is 9.59 Å². The average Bonchev–Trinajstić information content (AvgIpc) is 2.43. The number of carboxylic acids is 1. The van der Waals surface area contributed by atoms with Crippen LogP contribution < -0.4 is 11.1 Å². The maximum Gasteiger partial charge on any atom is 0.308 e. The van der Waals surface area contributed by atoms with Crippen LogP contribution in [-0.2, 0) is 16.0 Å². The Morgan fingerprint density at radius 3 is 2.50 bits per heavy atom. The Morgan fingerprint density at radius 1 is 1.30 bits per heavy atom. The van der Waals surface area contributed by atoms with E-state index in [1.807, 2.05) is 37.3 Å². The van der Waals surface area contributed by atoms with Crippen LogP contribution in [0.15, 0.2) is 30.3 Å².